The number of ketones is 3. The number of carbonyl (C=O) groups excluding carboxylic acids is 4. The number of esters is 1. The number of carbonyl (C=O) groups is 4. The summed E-state index contributed by atoms with van der Waals surface area (Å²) < 4.78 is 17.8. The summed E-state index contributed by atoms with van der Waals surface area (Å²) in [6.45, 7) is 7.52. The Balaban J connectivity index is 1.91. The van der Waals surface area contributed by atoms with Gasteiger partial charge >= 0.3 is 5.97 Å². The van der Waals surface area contributed by atoms with Gasteiger partial charge in [0.25, 0.3) is 0 Å². The number of hydrogen-bond acceptors (Lipinski definition) is 8. The third kappa shape index (κ3) is 4.52. The van der Waals surface area contributed by atoms with Crippen molar-refractivity contribution in [2.75, 3.05) is 14.2 Å². The van der Waals surface area contributed by atoms with E-state index >= 15 is 0 Å². The van der Waals surface area contributed by atoms with Crippen LogP contribution < -0.4 is 0 Å². The van der Waals surface area contributed by atoms with Gasteiger partial charge in [-0.05, 0) is 10.8 Å². The monoisotopic (exact) mass is 499 g/mol. The first kappa shape index (κ1) is 25.9. The van der Waals surface area contributed by atoms with Crippen LogP contribution in [0.15, 0.2) is 27.9 Å². The van der Waals surface area contributed by atoms with Gasteiger partial charge in [0.15, 0.2) is 11.4 Å². The van der Waals surface area contributed by atoms with E-state index < -0.39 is 28.6 Å². The molecular formula is C27H33NO8. The zero-order chi connectivity index (χ0) is 26.6. The van der Waals surface area contributed by atoms with E-state index in [2.05, 4.69) is 0 Å². The van der Waals surface area contributed by atoms with Gasteiger partial charge in [0, 0.05) is 50.5 Å². The molecule has 36 heavy (non-hydrogen) atoms. The lowest BCUT2D eigenvalue weighted by atomic mass is 9.63. The Bertz CT molecular complexity index is 1270. The van der Waals surface area contributed by atoms with Crippen molar-refractivity contribution < 1.29 is 38.2 Å². The number of nitrogens with zero attached hydrogens (tertiary/aromatic N) is 1. The number of allylic oxidation sites excluding steroid dienone is 2. The lowest BCUT2D eigenvalue weighted by molar-refractivity contribution is -0.140. The molecule has 2 aliphatic carbocycles. The van der Waals surface area contributed by atoms with Gasteiger partial charge in [-0.25, -0.2) is 4.79 Å². The molecule has 1 N–H and O–H groups in total. The van der Waals surface area contributed by atoms with Gasteiger partial charge in [0.1, 0.15) is 35.5 Å². The summed E-state index contributed by atoms with van der Waals surface area (Å²) in [6.07, 6.45) is 0.770. The molecule has 194 valence electrons. The Kier molecular flexibility index (Phi) is 6.49. The number of Topliss-reactive ketones (excluding diaryl/α,β-unsaturated/α-hetero) is 3. The maximum Gasteiger partial charge on any atom is 0.354 e. The van der Waals surface area contributed by atoms with Crippen LogP contribution >= 0.6 is 0 Å². The highest BCUT2D eigenvalue weighted by Gasteiger charge is 2.49. The summed E-state index contributed by atoms with van der Waals surface area (Å²) in [7, 11) is 2.74. The zero-order valence-corrected chi connectivity index (χ0v) is 21.6. The molecule has 1 atom stereocenters. The summed E-state index contributed by atoms with van der Waals surface area (Å²) in [5.41, 5.74) is 0.131. The number of rotatable bonds is 6. The largest absolute Gasteiger partial charge is 0.512 e. The van der Waals surface area contributed by atoms with Crippen LogP contribution in [0.3, 0.4) is 0 Å². The van der Waals surface area contributed by atoms with Crippen molar-refractivity contribution in [3.05, 3.63) is 34.9 Å². The van der Waals surface area contributed by atoms with Crippen molar-refractivity contribution in [2.24, 2.45) is 16.7 Å². The normalized spacial score (nSPS) is 21.3. The number of hydrogen-bond donors (Lipinski definition) is 1. The minimum Gasteiger partial charge on any atom is -0.512 e. The van der Waals surface area contributed by atoms with E-state index in [9.17, 15) is 24.3 Å². The number of ether oxygens (including phenoxy) is 2. The molecule has 0 aliphatic heterocycles. The van der Waals surface area contributed by atoms with Gasteiger partial charge in [-0.3, -0.25) is 14.4 Å². The van der Waals surface area contributed by atoms with Gasteiger partial charge < -0.3 is 23.6 Å². The van der Waals surface area contributed by atoms with Crippen LogP contribution in [0.2, 0.25) is 0 Å². The molecule has 1 unspecified atom stereocenters. The number of furan rings is 1. The van der Waals surface area contributed by atoms with Crippen molar-refractivity contribution in [2.45, 2.75) is 66.0 Å². The molecule has 0 radical (unpaired) electrons. The molecule has 0 spiro atoms. The summed E-state index contributed by atoms with van der Waals surface area (Å²) in [6, 6.07) is 3.10. The molecule has 9 heteroatoms. The molecular weight excluding hydrogens is 466 g/mol. The first-order chi connectivity index (χ1) is 16.8. The SMILES string of the molecule is COCn1c(C(=O)OC)cc2oc(C(C3=C(O)CC(C)(C)CC3=O)C3C(=O)CC(C)(C)CC3=O)cc21. The topological polar surface area (TPSA) is 125 Å². The molecule has 1 fully saturated rings. The predicted octanol–water partition coefficient (Wildman–Crippen LogP) is 4.48. The fraction of sp³-hybridized carbons (Fsp3) is 0.556. The fourth-order valence-electron chi connectivity index (χ4n) is 5.66. The lowest BCUT2D eigenvalue weighted by Crippen LogP contribution is -2.43. The van der Waals surface area contributed by atoms with Gasteiger partial charge in [-0.2, -0.15) is 0 Å². The maximum absolute atomic E-state index is 13.4. The minimum absolute atomic E-state index is 0.0219. The molecule has 2 aliphatic rings. The average molecular weight is 500 g/mol. The van der Waals surface area contributed by atoms with Crippen LogP contribution in [0, 0.1) is 16.7 Å². The van der Waals surface area contributed by atoms with Crippen LogP contribution in [0.1, 0.15) is 75.5 Å². The van der Waals surface area contributed by atoms with Gasteiger partial charge in [0.05, 0.1) is 24.5 Å². The second-order valence-electron chi connectivity index (χ2n) is 11.5. The van der Waals surface area contributed by atoms with Crippen LogP contribution in [0.5, 0.6) is 0 Å². The number of fused-ring (bicyclic) bond motifs is 1. The van der Waals surface area contributed by atoms with Gasteiger partial charge in [0.2, 0.25) is 0 Å². The molecule has 0 amide bonds. The van der Waals surface area contributed by atoms with Crippen LogP contribution in [-0.2, 0) is 30.6 Å². The second kappa shape index (κ2) is 9.03. The van der Waals surface area contributed by atoms with E-state index in [0.717, 1.165) is 0 Å². The van der Waals surface area contributed by atoms with E-state index in [-0.39, 0.29) is 72.6 Å². The molecule has 0 saturated heterocycles. The Morgan fingerprint density at radius 3 is 2.22 bits per heavy atom. The first-order valence-corrected chi connectivity index (χ1v) is 12.0. The lowest BCUT2D eigenvalue weighted by Gasteiger charge is -2.38. The van der Waals surface area contributed by atoms with Crippen molar-refractivity contribution in [3.63, 3.8) is 0 Å². The van der Waals surface area contributed by atoms with Gasteiger partial charge in [-0.15, -0.1) is 0 Å². The van der Waals surface area contributed by atoms with E-state index in [1.165, 1.54) is 20.3 Å². The Morgan fingerprint density at radius 2 is 1.67 bits per heavy atom. The molecule has 2 aromatic heterocycles. The summed E-state index contributed by atoms with van der Waals surface area (Å²) in [4.78, 5) is 52.3. The van der Waals surface area contributed by atoms with Crippen molar-refractivity contribution in [3.8, 4) is 0 Å². The van der Waals surface area contributed by atoms with E-state index in [4.69, 9.17) is 13.9 Å². The number of aliphatic hydroxyl groups is 1. The third-order valence-electron chi connectivity index (χ3n) is 7.11. The van der Waals surface area contributed by atoms with E-state index in [0.29, 0.717) is 11.1 Å². The molecule has 2 heterocycles. The number of aliphatic hydroxyl groups excluding tert-OH is 1. The van der Waals surface area contributed by atoms with Gasteiger partial charge in [-0.1, -0.05) is 27.7 Å². The van der Waals surface area contributed by atoms with Crippen molar-refractivity contribution >= 4 is 34.4 Å². The van der Waals surface area contributed by atoms with Crippen molar-refractivity contribution in [1.29, 1.82) is 0 Å². The summed E-state index contributed by atoms with van der Waals surface area (Å²) in [5.74, 6) is -3.58. The Morgan fingerprint density at radius 1 is 1.06 bits per heavy atom. The van der Waals surface area contributed by atoms with E-state index in [1.54, 1.807) is 10.6 Å². The standard InChI is InChI=1S/C27H33NO8/c1-26(2)9-16(29)22(17(30)10-26)24(23-18(31)11-27(3,4)12-19(23)32)21-7-14-20(36-21)8-15(25(33)35-6)28(14)13-34-5/h7-8,22,24,31H,9-13H2,1-6H3. The highest BCUT2D eigenvalue weighted by Crippen LogP contribution is 2.48. The molecule has 2 aromatic rings. The second-order valence-corrected chi connectivity index (χ2v) is 11.5. The predicted molar refractivity (Wildman–Crippen MR) is 129 cm³/mol. The zero-order valence-electron chi connectivity index (χ0n) is 21.6. The minimum atomic E-state index is -1.15. The molecule has 0 aromatic carbocycles. The van der Waals surface area contributed by atoms with Crippen molar-refractivity contribution in [1.82, 2.24) is 4.57 Å². The molecule has 0 bridgehead atoms. The molecule has 1 saturated carbocycles. The summed E-state index contributed by atoms with van der Waals surface area (Å²) in [5, 5.41) is 11.0. The van der Waals surface area contributed by atoms with Crippen LogP contribution in [0.4, 0.5) is 0 Å². The highest BCUT2D eigenvalue weighted by molar-refractivity contribution is 6.09. The quantitative estimate of drug-likeness (QED) is 0.455. The summed E-state index contributed by atoms with van der Waals surface area (Å²) >= 11 is 0. The maximum atomic E-state index is 13.4. The van der Waals surface area contributed by atoms with Crippen LogP contribution in [-0.4, -0.2) is 47.2 Å². The average Bonchev–Trinajstić information content (AvgIpc) is 3.28. The number of aromatic nitrogens is 1. The fourth-order valence-corrected chi connectivity index (χ4v) is 5.66. The molecule has 4 rings (SSSR count). The Hall–Kier alpha value is -3.20. The van der Waals surface area contributed by atoms with E-state index in [1.807, 2.05) is 27.7 Å². The third-order valence-corrected chi connectivity index (χ3v) is 7.11. The molecule has 9 nitrogen and oxygen atoms in total. The highest BCUT2D eigenvalue weighted by atomic mass is 16.5. The first-order valence-electron chi connectivity index (χ1n) is 12.0. The Labute approximate surface area is 209 Å². The van der Waals surface area contributed by atoms with Crippen LogP contribution in [0.25, 0.3) is 11.1 Å². The smallest absolute Gasteiger partial charge is 0.354 e. The number of methoxy groups -OCH3 is 2.